The highest BCUT2D eigenvalue weighted by Gasteiger charge is 2.35. The van der Waals surface area contributed by atoms with Crippen LogP contribution in [0.4, 0.5) is 23.4 Å². The van der Waals surface area contributed by atoms with Crippen LogP contribution in [0, 0.1) is 5.82 Å². The first-order valence-electron chi connectivity index (χ1n) is 14.9. The van der Waals surface area contributed by atoms with Crippen LogP contribution in [0.25, 0.3) is 16.6 Å². The Morgan fingerprint density at radius 1 is 1.00 bits per heavy atom. The van der Waals surface area contributed by atoms with Gasteiger partial charge in [0.05, 0.1) is 47.8 Å². The minimum atomic E-state index is -4.94. The number of anilines is 1. The Morgan fingerprint density at radius 3 is 2.40 bits per heavy atom. The fourth-order valence-electron chi connectivity index (χ4n) is 5.43. The number of aromatic nitrogens is 3. The van der Waals surface area contributed by atoms with Gasteiger partial charge in [0.15, 0.2) is 0 Å². The zero-order valence-electron chi connectivity index (χ0n) is 26.3. The molecule has 2 aromatic heterocycles. The summed E-state index contributed by atoms with van der Waals surface area (Å²) >= 11 is 0. The second-order valence-electron chi connectivity index (χ2n) is 11.1. The summed E-state index contributed by atoms with van der Waals surface area (Å²) in [5.74, 6) is -0.573. The zero-order valence-corrected chi connectivity index (χ0v) is 26.3. The molecule has 1 atom stereocenters. The maximum Gasteiger partial charge on any atom is 0.419 e. The third-order valence-electron chi connectivity index (χ3n) is 7.69. The van der Waals surface area contributed by atoms with Gasteiger partial charge in [-0.3, -0.25) is 14.2 Å². The molecule has 0 bridgehead atoms. The molecule has 0 spiro atoms. The van der Waals surface area contributed by atoms with Gasteiger partial charge in [0.1, 0.15) is 23.2 Å². The largest absolute Gasteiger partial charge is 0.494 e. The molecule has 0 saturated carbocycles. The van der Waals surface area contributed by atoms with Crippen LogP contribution < -0.4 is 15.2 Å². The van der Waals surface area contributed by atoms with Crippen molar-refractivity contribution in [2.75, 3.05) is 25.6 Å². The van der Waals surface area contributed by atoms with Gasteiger partial charge in [0.25, 0.3) is 5.56 Å². The summed E-state index contributed by atoms with van der Waals surface area (Å²) in [5.41, 5.74) is -0.283. The molecule has 0 aliphatic carbocycles. The lowest BCUT2D eigenvalue weighted by atomic mass is 10.0. The third-order valence-corrected chi connectivity index (χ3v) is 7.69. The van der Waals surface area contributed by atoms with Crippen molar-refractivity contribution in [1.82, 2.24) is 19.4 Å². The molecule has 0 saturated heterocycles. The number of benzene rings is 3. The molecule has 0 radical (unpaired) electrons. The molecule has 5 rings (SSSR count). The molecule has 0 fully saturated rings. The van der Waals surface area contributed by atoms with Crippen molar-refractivity contribution < 1.29 is 27.1 Å². The van der Waals surface area contributed by atoms with Crippen LogP contribution in [0.3, 0.4) is 0 Å². The van der Waals surface area contributed by atoms with E-state index in [1.165, 1.54) is 9.47 Å². The summed E-state index contributed by atoms with van der Waals surface area (Å²) in [6.07, 6.45) is -3.79. The number of rotatable bonds is 10. The number of para-hydroxylation sites is 1. The van der Waals surface area contributed by atoms with E-state index in [1.807, 2.05) is 6.92 Å². The predicted octanol–water partition coefficient (Wildman–Crippen LogP) is 6.74. The molecule has 1 amide bonds. The van der Waals surface area contributed by atoms with E-state index in [0.29, 0.717) is 52.5 Å². The molecule has 0 unspecified atom stereocenters. The molecule has 8 nitrogen and oxygen atoms in total. The number of amides is 1. The Balaban J connectivity index is 1.66. The molecule has 5 aromatic rings. The Kier molecular flexibility index (Phi) is 9.59. The summed E-state index contributed by atoms with van der Waals surface area (Å²) in [7, 11) is 3.60. The average molecular weight is 648 g/mol. The van der Waals surface area contributed by atoms with E-state index in [2.05, 4.69) is 4.98 Å². The number of pyridine rings is 1. The molecule has 12 heteroatoms. The molecule has 0 N–H and O–H groups in total. The van der Waals surface area contributed by atoms with Crippen molar-refractivity contribution in [3.63, 3.8) is 0 Å². The molecule has 0 aliphatic rings. The number of hydrogen-bond acceptors (Lipinski definition) is 6. The van der Waals surface area contributed by atoms with Crippen LogP contribution in [0.1, 0.15) is 42.4 Å². The SMILES string of the molecule is CCOc1ccc(-n2c([C@@H](C)N(Cc3cccnc3N(C)C)C(=O)Cc3ccc(F)c(C(F)(F)F)c3)nc3ccccc3c2=O)cc1. The quantitative estimate of drug-likeness (QED) is 0.156. The topological polar surface area (TPSA) is 80.6 Å². The van der Waals surface area contributed by atoms with Crippen molar-refractivity contribution >= 4 is 22.6 Å². The summed E-state index contributed by atoms with van der Waals surface area (Å²) in [6, 6.07) is 18.9. The minimum absolute atomic E-state index is 0.0132. The number of alkyl halides is 3. The third kappa shape index (κ3) is 7.11. The number of carbonyl (C=O) groups excluding carboxylic acids is 1. The van der Waals surface area contributed by atoms with Crippen LogP contribution in [-0.4, -0.2) is 46.0 Å². The van der Waals surface area contributed by atoms with Crippen LogP contribution >= 0.6 is 0 Å². The van der Waals surface area contributed by atoms with Gasteiger partial charge in [-0.25, -0.2) is 14.4 Å². The van der Waals surface area contributed by atoms with Gasteiger partial charge < -0.3 is 14.5 Å². The number of nitrogens with zero attached hydrogens (tertiary/aromatic N) is 5. The number of fused-ring (bicyclic) bond motifs is 1. The van der Waals surface area contributed by atoms with Gasteiger partial charge in [-0.1, -0.05) is 24.3 Å². The van der Waals surface area contributed by atoms with E-state index in [1.54, 1.807) is 92.8 Å². The highest BCUT2D eigenvalue weighted by molar-refractivity contribution is 5.80. The fourth-order valence-corrected chi connectivity index (χ4v) is 5.43. The Bertz CT molecular complexity index is 1960. The fraction of sp³-hybridized carbons (Fsp3) is 0.257. The van der Waals surface area contributed by atoms with Crippen LogP contribution in [0.5, 0.6) is 5.75 Å². The first kappa shape index (κ1) is 33.1. The lowest BCUT2D eigenvalue weighted by Gasteiger charge is -2.32. The highest BCUT2D eigenvalue weighted by Crippen LogP contribution is 2.33. The van der Waals surface area contributed by atoms with Gasteiger partial charge in [-0.05, 0) is 74.0 Å². The number of ether oxygens (including phenoxy) is 1. The van der Waals surface area contributed by atoms with E-state index < -0.39 is 35.9 Å². The normalized spacial score (nSPS) is 12.2. The van der Waals surface area contributed by atoms with Crippen molar-refractivity contribution in [3.05, 3.63) is 124 Å². The lowest BCUT2D eigenvalue weighted by molar-refractivity contribution is -0.140. The number of halogens is 4. The Hall–Kier alpha value is -5.26. The highest BCUT2D eigenvalue weighted by atomic mass is 19.4. The maximum absolute atomic E-state index is 14.2. The lowest BCUT2D eigenvalue weighted by Crippen LogP contribution is -2.38. The summed E-state index contributed by atoms with van der Waals surface area (Å²) in [4.78, 5) is 40.7. The summed E-state index contributed by atoms with van der Waals surface area (Å²) in [5, 5.41) is 0.364. The molecular weight excluding hydrogens is 614 g/mol. The molecule has 47 heavy (non-hydrogen) atoms. The summed E-state index contributed by atoms with van der Waals surface area (Å²) < 4.78 is 61.7. The van der Waals surface area contributed by atoms with E-state index in [4.69, 9.17) is 9.72 Å². The number of carbonyl (C=O) groups is 1. The standard InChI is InChI=1S/C35H33F4N5O3/c1-5-47-26-15-13-25(14-16-26)44-32(41-30-11-7-6-10-27(30)34(44)46)22(2)43(21-24-9-8-18-40-33(24)42(3)4)31(45)20-23-12-17-29(36)28(19-23)35(37,38)39/h6-19,22H,5,20-21H2,1-4H3/t22-/m1/s1. The van der Waals surface area contributed by atoms with Crippen molar-refractivity contribution in [2.45, 2.75) is 39.0 Å². The van der Waals surface area contributed by atoms with E-state index in [0.717, 1.165) is 6.07 Å². The number of hydrogen-bond donors (Lipinski definition) is 0. The molecule has 2 heterocycles. The summed E-state index contributed by atoms with van der Waals surface area (Å²) in [6.45, 7) is 4.01. The Morgan fingerprint density at radius 2 is 1.72 bits per heavy atom. The van der Waals surface area contributed by atoms with Gasteiger partial charge in [0.2, 0.25) is 5.91 Å². The molecule has 3 aromatic carbocycles. The van der Waals surface area contributed by atoms with Crippen molar-refractivity contribution in [1.29, 1.82) is 0 Å². The predicted molar refractivity (Wildman–Crippen MR) is 171 cm³/mol. The molecular formula is C35H33F4N5O3. The van der Waals surface area contributed by atoms with Gasteiger partial charge in [0, 0.05) is 25.9 Å². The minimum Gasteiger partial charge on any atom is -0.494 e. The maximum atomic E-state index is 14.2. The van der Waals surface area contributed by atoms with Crippen LogP contribution in [-0.2, 0) is 23.9 Å². The Labute approximate surface area is 268 Å². The smallest absolute Gasteiger partial charge is 0.419 e. The van der Waals surface area contributed by atoms with Crippen molar-refractivity contribution in [3.8, 4) is 11.4 Å². The zero-order chi connectivity index (χ0) is 33.9. The average Bonchev–Trinajstić information content (AvgIpc) is 3.04. The van der Waals surface area contributed by atoms with Gasteiger partial charge >= 0.3 is 6.18 Å². The second-order valence-corrected chi connectivity index (χ2v) is 11.1. The second kappa shape index (κ2) is 13.6. The van der Waals surface area contributed by atoms with Gasteiger partial charge in [-0.2, -0.15) is 13.2 Å². The first-order valence-corrected chi connectivity index (χ1v) is 14.9. The van der Waals surface area contributed by atoms with Crippen LogP contribution in [0.2, 0.25) is 0 Å². The van der Waals surface area contributed by atoms with Crippen LogP contribution in [0.15, 0.2) is 89.9 Å². The molecule has 0 aliphatic heterocycles. The monoisotopic (exact) mass is 647 g/mol. The van der Waals surface area contributed by atoms with E-state index in [9.17, 15) is 27.2 Å². The first-order chi connectivity index (χ1) is 22.4. The van der Waals surface area contributed by atoms with E-state index >= 15 is 0 Å². The molecule has 244 valence electrons. The van der Waals surface area contributed by atoms with Gasteiger partial charge in [-0.15, -0.1) is 0 Å². The van der Waals surface area contributed by atoms with E-state index in [-0.39, 0.29) is 23.5 Å². The van der Waals surface area contributed by atoms with Crippen molar-refractivity contribution in [2.24, 2.45) is 0 Å².